The molecule has 1 aromatic rings. The summed E-state index contributed by atoms with van der Waals surface area (Å²) in [5.41, 5.74) is 0.960. The smallest absolute Gasteiger partial charge is 0.244 e. The largest absolute Gasteiger partial charge is 0.454 e. The average molecular weight is 367 g/mol. The lowest BCUT2D eigenvalue weighted by Crippen LogP contribution is -2.52. The molecule has 0 aromatic heterocycles. The number of nitrogens with one attached hydrogen (secondary N) is 1. The van der Waals surface area contributed by atoms with Crippen molar-refractivity contribution in [2.45, 2.75) is 51.5 Å². The molecule has 1 aromatic carbocycles. The van der Waals surface area contributed by atoms with Gasteiger partial charge in [-0.15, -0.1) is 0 Å². The fraction of sp³-hybridized carbons (Fsp3) is 0.522. The van der Waals surface area contributed by atoms with Gasteiger partial charge in [0, 0.05) is 11.6 Å². The van der Waals surface area contributed by atoms with E-state index in [1.807, 2.05) is 30.4 Å². The number of fused-ring (bicyclic) bond motifs is 3. The van der Waals surface area contributed by atoms with Gasteiger partial charge < -0.3 is 14.8 Å². The maximum Gasteiger partial charge on any atom is 0.244 e. The lowest BCUT2D eigenvalue weighted by molar-refractivity contribution is -0.119. The van der Waals surface area contributed by atoms with Gasteiger partial charge in [0.15, 0.2) is 11.5 Å². The third kappa shape index (κ3) is 4.37. The molecule has 2 saturated carbocycles. The summed E-state index contributed by atoms with van der Waals surface area (Å²) >= 11 is 0. The van der Waals surface area contributed by atoms with E-state index in [9.17, 15) is 4.79 Å². The maximum absolute atomic E-state index is 12.4. The zero-order valence-electron chi connectivity index (χ0n) is 16.2. The molecular formula is C23H29NO3. The van der Waals surface area contributed by atoms with E-state index < -0.39 is 0 Å². The number of benzene rings is 1. The number of hydrogen-bond donors (Lipinski definition) is 1. The van der Waals surface area contributed by atoms with Gasteiger partial charge in [0.25, 0.3) is 0 Å². The molecule has 1 heterocycles. The van der Waals surface area contributed by atoms with Crippen molar-refractivity contribution in [3.05, 3.63) is 42.0 Å². The molecule has 2 bridgehead atoms. The molecule has 4 rings (SSSR count). The molecule has 0 radical (unpaired) electrons. The van der Waals surface area contributed by atoms with Crippen LogP contribution in [0.3, 0.4) is 0 Å². The van der Waals surface area contributed by atoms with E-state index in [2.05, 4.69) is 19.2 Å². The lowest BCUT2D eigenvalue weighted by atomic mass is 9.62. The standard InChI is InChI=1S/C23H29NO3/c1-16-9-18-11-19(10-16)14-23(2,13-18)24-22(25)6-4-3-5-17-7-8-20-21(12-17)27-15-26-20/h3-8,12,16,18-19H,9-11,13-15H2,1-2H3,(H,24,25)/b5-3+,6-4+. The number of carbonyl (C=O) groups is 1. The third-order valence-electron chi connectivity index (χ3n) is 6.09. The summed E-state index contributed by atoms with van der Waals surface area (Å²) in [6, 6.07) is 5.82. The van der Waals surface area contributed by atoms with Crippen LogP contribution in [0.1, 0.15) is 51.5 Å². The van der Waals surface area contributed by atoms with E-state index in [0.29, 0.717) is 0 Å². The second-order valence-corrected chi connectivity index (χ2v) is 8.83. The Bertz CT molecular complexity index is 749. The third-order valence-corrected chi connectivity index (χ3v) is 6.09. The van der Waals surface area contributed by atoms with Crippen LogP contribution in [0.5, 0.6) is 11.5 Å². The summed E-state index contributed by atoms with van der Waals surface area (Å²) in [6.45, 7) is 4.87. The normalized spacial score (nSPS) is 32.1. The van der Waals surface area contributed by atoms with Crippen molar-refractivity contribution in [2.75, 3.05) is 6.79 Å². The van der Waals surface area contributed by atoms with Crippen LogP contribution in [-0.2, 0) is 4.79 Å². The molecule has 2 aliphatic carbocycles. The second kappa shape index (κ2) is 7.41. The number of amides is 1. The first-order valence-electron chi connectivity index (χ1n) is 10.1. The molecule has 0 saturated heterocycles. The van der Waals surface area contributed by atoms with Crippen LogP contribution in [0.2, 0.25) is 0 Å². The quantitative estimate of drug-likeness (QED) is 0.619. The molecule has 1 N–H and O–H groups in total. The van der Waals surface area contributed by atoms with E-state index in [1.165, 1.54) is 19.3 Å². The van der Waals surface area contributed by atoms with E-state index in [4.69, 9.17) is 9.47 Å². The molecule has 2 atom stereocenters. The molecule has 3 aliphatic rings. The van der Waals surface area contributed by atoms with E-state index in [1.54, 1.807) is 12.2 Å². The van der Waals surface area contributed by atoms with Crippen LogP contribution >= 0.6 is 0 Å². The van der Waals surface area contributed by atoms with E-state index in [-0.39, 0.29) is 18.2 Å². The Kier molecular flexibility index (Phi) is 4.98. The van der Waals surface area contributed by atoms with Gasteiger partial charge in [0.1, 0.15) is 0 Å². The van der Waals surface area contributed by atoms with Crippen molar-refractivity contribution in [1.29, 1.82) is 0 Å². The molecule has 27 heavy (non-hydrogen) atoms. The summed E-state index contributed by atoms with van der Waals surface area (Å²) in [5.74, 6) is 3.93. The first-order chi connectivity index (χ1) is 13.0. The van der Waals surface area contributed by atoms with Gasteiger partial charge in [-0.1, -0.05) is 31.2 Å². The van der Waals surface area contributed by atoms with Gasteiger partial charge in [0.2, 0.25) is 12.7 Å². The number of ether oxygens (including phenoxy) is 2. The van der Waals surface area contributed by atoms with Crippen LogP contribution in [0.25, 0.3) is 6.08 Å². The van der Waals surface area contributed by atoms with Crippen molar-refractivity contribution in [2.24, 2.45) is 17.8 Å². The van der Waals surface area contributed by atoms with Crippen molar-refractivity contribution in [3.8, 4) is 11.5 Å². The fourth-order valence-corrected chi connectivity index (χ4v) is 5.36. The Labute approximate surface area is 161 Å². The Morgan fingerprint density at radius 3 is 2.63 bits per heavy atom. The zero-order valence-corrected chi connectivity index (χ0v) is 16.2. The van der Waals surface area contributed by atoms with Gasteiger partial charge >= 0.3 is 0 Å². The second-order valence-electron chi connectivity index (χ2n) is 8.83. The van der Waals surface area contributed by atoms with Crippen molar-refractivity contribution in [3.63, 3.8) is 0 Å². The number of carbonyl (C=O) groups excluding carboxylic acids is 1. The van der Waals surface area contributed by atoms with Crippen LogP contribution < -0.4 is 14.8 Å². The first kappa shape index (κ1) is 18.1. The highest BCUT2D eigenvalue weighted by Crippen LogP contribution is 2.46. The summed E-state index contributed by atoms with van der Waals surface area (Å²) in [5, 5.41) is 3.28. The molecule has 0 spiro atoms. The molecule has 1 amide bonds. The Morgan fingerprint density at radius 1 is 1.11 bits per heavy atom. The van der Waals surface area contributed by atoms with Crippen molar-refractivity contribution < 1.29 is 14.3 Å². The maximum atomic E-state index is 12.4. The van der Waals surface area contributed by atoms with Crippen LogP contribution in [0, 0.1) is 17.8 Å². The molecular weight excluding hydrogens is 338 g/mol. The number of hydrogen-bond acceptors (Lipinski definition) is 3. The van der Waals surface area contributed by atoms with E-state index >= 15 is 0 Å². The Balaban J connectivity index is 1.31. The topological polar surface area (TPSA) is 47.6 Å². The van der Waals surface area contributed by atoms with Gasteiger partial charge in [0.05, 0.1) is 0 Å². The molecule has 2 fully saturated rings. The molecule has 4 nitrogen and oxygen atoms in total. The fourth-order valence-electron chi connectivity index (χ4n) is 5.36. The Morgan fingerprint density at radius 2 is 1.85 bits per heavy atom. The zero-order chi connectivity index (χ0) is 18.9. The average Bonchev–Trinajstić information content (AvgIpc) is 3.04. The predicted molar refractivity (Wildman–Crippen MR) is 107 cm³/mol. The molecule has 144 valence electrons. The number of allylic oxidation sites excluding steroid dienone is 2. The van der Waals surface area contributed by atoms with Gasteiger partial charge in [-0.3, -0.25) is 4.79 Å². The van der Waals surface area contributed by atoms with Crippen molar-refractivity contribution >= 4 is 12.0 Å². The summed E-state index contributed by atoms with van der Waals surface area (Å²) in [4.78, 5) is 12.4. The van der Waals surface area contributed by atoms with Crippen molar-refractivity contribution in [1.82, 2.24) is 5.32 Å². The monoisotopic (exact) mass is 367 g/mol. The van der Waals surface area contributed by atoms with Crippen LogP contribution in [0.4, 0.5) is 0 Å². The summed E-state index contributed by atoms with van der Waals surface area (Å²) in [7, 11) is 0. The highest BCUT2D eigenvalue weighted by Gasteiger charge is 2.41. The minimum Gasteiger partial charge on any atom is -0.454 e. The van der Waals surface area contributed by atoms with Gasteiger partial charge in [-0.25, -0.2) is 0 Å². The van der Waals surface area contributed by atoms with Gasteiger partial charge in [-0.05, 0) is 74.5 Å². The first-order valence-corrected chi connectivity index (χ1v) is 10.1. The van der Waals surface area contributed by atoms with Crippen LogP contribution in [-0.4, -0.2) is 18.2 Å². The molecule has 4 heteroatoms. The molecule has 2 unspecified atom stereocenters. The van der Waals surface area contributed by atoms with Gasteiger partial charge in [-0.2, -0.15) is 0 Å². The highest BCUT2D eigenvalue weighted by atomic mass is 16.7. The lowest BCUT2D eigenvalue weighted by Gasteiger charge is -2.47. The van der Waals surface area contributed by atoms with E-state index in [0.717, 1.165) is 47.7 Å². The summed E-state index contributed by atoms with van der Waals surface area (Å²) in [6.07, 6.45) is 13.5. The SMILES string of the molecule is CC1CC2CC(C1)CC(C)(NC(=O)/C=C/C=C/c1ccc3c(c1)OCO3)C2. The minimum atomic E-state index is -0.0593. The molecule has 1 aliphatic heterocycles. The highest BCUT2D eigenvalue weighted by molar-refractivity contribution is 5.88. The Hall–Kier alpha value is -2.23. The number of rotatable bonds is 4. The minimum absolute atomic E-state index is 0.000795. The summed E-state index contributed by atoms with van der Waals surface area (Å²) < 4.78 is 10.7. The van der Waals surface area contributed by atoms with Crippen LogP contribution in [0.15, 0.2) is 36.4 Å². The predicted octanol–water partition coefficient (Wildman–Crippen LogP) is 4.71.